The molecule has 0 radical (unpaired) electrons. The van der Waals surface area contributed by atoms with E-state index in [9.17, 15) is 18.0 Å². The molecule has 0 spiro atoms. The minimum Gasteiger partial charge on any atom is -0.482 e. The summed E-state index contributed by atoms with van der Waals surface area (Å²) in [7, 11) is -1.52. The molecule has 140 valence electrons. The number of nitrogens with zero attached hydrogens (tertiary/aromatic N) is 1. The average Bonchev–Trinajstić information content (AvgIpc) is 2.92. The number of hydrogen-bond acceptors (Lipinski definition) is 6. The number of benzene rings is 1. The van der Waals surface area contributed by atoms with Crippen LogP contribution in [0, 0.1) is 6.92 Å². The van der Waals surface area contributed by atoms with Gasteiger partial charge in [-0.1, -0.05) is 11.6 Å². The Morgan fingerprint density at radius 2 is 2.12 bits per heavy atom. The number of hydrogen-bond donors (Lipinski definition) is 0. The van der Waals surface area contributed by atoms with Gasteiger partial charge in [0.2, 0.25) is 0 Å². The Balaban J connectivity index is 1.74. The van der Waals surface area contributed by atoms with Gasteiger partial charge in [-0.15, -0.1) is 0 Å². The van der Waals surface area contributed by atoms with Crippen molar-refractivity contribution >= 4 is 38.3 Å². The number of sulfone groups is 1. The van der Waals surface area contributed by atoms with Gasteiger partial charge in [-0.2, -0.15) is 0 Å². The van der Waals surface area contributed by atoms with E-state index in [1.54, 1.807) is 20.0 Å². The van der Waals surface area contributed by atoms with Crippen LogP contribution >= 0.6 is 11.6 Å². The summed E-state index contributed by atoms with van der Waals surface area (Å²) in [6.45, 7) is 1.47. The zero-order valence-electron chi connectivity index (χ0n) is 14.3. The third-order valence-electron chi connectivity index (χ3n) is 4.50. The van der Waals surface area contributed by atoms with Gasteiger partial charge in [-0.3, -0.25) is 4.79 Å². The second-order valence-corrected chi connectivity index (χ2v) is 9.01. The summed E-state index contributed by atoms with van der Waals surface area (Å²) in [6.07, 6.45) is 0.422. The quantitative estimate of drug-likeness (QED) is 0.727. The van der Waals surface area contributed by atoms with Crippen LogP contribution in [0.3, 0.4) is 0 Å². The first kappa shape index (κ1) is 18.7. The number of ether oxygens (including phenoxy) is 1. The Labute approximate surface area is 155 Å². The maximum absolute atomic E-state index is 12.3. The first-order valence-corrected chi connectivity index (χ1v) is 10.2. The van der Waals surface area contributed by atoms with Crippen molar-refractivity contribution in [2.75, 3.05) is 25.2 Å². The third kappa shape index (κ3) is 3.86. The molecule has 2 heterocycles. The van der Waals surface area contributed by atoms with Crippen LogP contribution in [-0.4, -0.2) is 50.4 Å². The highest BCUT2D eigenvalue weighted by atomic mass is 35.5. The fourth-order valence-electron chi connectivity index (χ4n) is 2.96. The van der Waals surface area contributed by atoms with E-state index in [4.69, 9.17) is 20.8 Å². The Morgan fingerprint density at radius 3 is 2.77 bits per heavy atom. The summed E-state index contributed by atoms with van der Waals surface area (Å²) in [5.41, 5.74) is 0.557. The molecule has 1 aliphatic rings. The minimum absolute atomic E-state index is 0.0313. The molecule has 1 fully saturated rings. The fourth-order valence-corrected chi connectivity index (χ4v) is 4.95. The van der Waals surface area contributed by atoms with E-state index < -0.39 is 15.5 Å². The molecule has 26 heavy (non-hydrogen) atoms. The summed E-state index contributed by atoms with van der Waals surface area (Å²) in [5.74, 6) is -0.0794. The van der Waals surface area contributed by atoms with Crippen molar-refractivity contribution in [3.8, 4) is 5.75 Å². The lowest BCUT2D eigenvalue weighted by atomic mass is 10.1. The summed E-state index contributed by atoms with van der Waals surface area (Å²) in [5, 5.41) is 0.968. The summed E-state index contributed by atoms with van der Waals surface area (Å²) in [6, 6.07) is 4.11. The molecular weight excluding hydrogens is 382 g/mol. The van der Waals surface area contributed by atoms with Crippen molar-refractivity contribution in [1.29, 1.82) is 0 Å². The van der Waals surface area contributed by atoms with E-state index in [2.05, 4.69) is 0 Å². The molecule has 1 aromatic heterocycles. The molecule has 1 amide bonds. The topological polar surface area (TPSA) is 93.9 Å². The van der Waals surface area contributed by atoms with Crippen molar-refractivity contribution in [1.82, 2.24) is 4.90 Å². The van der Waals surface area contributed by atoms with Crippen LogP contribution < -0.4 is 10.4 Å². The molecule has 1 aliphatic heterocycles. The fraction of sp³-hybridized carbons (Fsp3) is 0.412. The molecule has 9 heteroatoms. The van der Waals surface area contributed by atoms with Gasteiger partial charge in [0.1, 0.15) is 11.3 Å². The normalized spacial score (nSPS) is 18.8. The molecular formula is C17H18ClNO6S. The van der Waals surface area contributed by atoms with Crippen LogP contribution in [0.4, 0.5) is 0 Å². The van der Waals surface area contributed by atoms with Crippen molar-refractivity contribution in [3.63, 3.8) is 0 Å². The number of rotatable bonds is 4. The number of aryl methyl sites for hydroxylation is 1. The third-order valence-corrected chi connectivity index (χ3v) is 6.55. The predicted molar refractivity (Wildman–Crippen MR) is 97.6 cm³/mol. The Bertz CT molecular complexity index is 1030. The molecule has 0 aliphatic carbocycles. The van der Waals surface area contributed by atoms with Gasteiger partial charge in [0.25, 0.3) is 5.91 Å². The van der Waals surface area contributed by atoms with Crippen molar-refractivity contribution in [2.45, 2.75) is 19.4 Å². The lowest BCUT2D eigenvalue weighted by Crippen LogP contribution is -2.40. The van der Waals surface area contributed by atoms with Crippen molar-refractivity contribution < 1.29 is 22.4 Å². The number of carbonyl (C=O) groups is 1. The van der Waals surface area contributed by atoms with E-state index in [0.717, 1.165) is 5.56 Å². The number of likely N-dealkylation sites (N-methyl/N-ethyl adjacent to an activating group) is 1. The van der Waals surface area contributed by atoms with Crippen LogP contribution in [0.15, 0.2) is 27.4 Å². The predicted octanol–water partition coefficient (Wildman–Crippen LogP) is 1.78. The number of fused-ring (bicyclic) bond motifs is 1. The van der Waals surface area contributed by atoms with Crippen LogP contribution in [-0.2, 0) is 14.6 Å². The lowest BCUT2D eigenvalue weighted by molar-refractivity contribution is -0.133. The highest BCUT2D eigenvalue weighted by Gasteiger charge is 2.32. The molecule has 1 aromatic carbocycles. The SMILES string of the molecule is Cc1cc(=O)oc2cc(OCC(=O)N(C)[C@H]3CCS(=O)(=O)C3)c(Cl)cc12. The molecule has 2 aromatic rings. The maximum atomic E-state index is 12.3. The zero-order valence-corrected chi connectivity index (χ0v) is 15.9. The minimum atomic E-state index is -3.08. The molecule has 0 N–H and O–H groups in total. The Kier molecular flexibility index (Phi) is 4.98. The van der Waals surface area contributed by atoms with Gasteiger partial charge in [-0.05, 0) is 25.0 Å². The molecule has 1 atom stereocenters. The highest BCUT2D eigenvalue weighted by Crippen LogP contribution is 2.31. The van der Waals surface area contributed by atoms with Crippen LogP contribution in [0.2, 0.25) is 5.02 Å². The van der Waals surface area contributed by atoms with E-state index in [0.29, 0.717) is 17.4 Å². The van der Waals surface area contributed by atoms with E-state index in [-0.39, 0.29) is 40.8 Å². The van der Waals surface area contributed by atoms with E-state index in [1.807, 2.05) is 0 Å². The maximum Gasteiger partial charge on any atom is 0.336 e. The van der Waals surface area contributed by atoms with Gasteiger partial charge in [-0.25, -0.2) is 13.2 Å². The lowest BCUT2D eigenvalue weighted by Gasteiger charge is -2.23. The van der Waals surface area contributed by atoms with Gasteiger partial charge in [0, 0.05) is 30.6 Å². The largest absolute Gasteiger partial charge is 0.482 e. The van der Waals surface area contributed by atoms with Gasteiger partial charge < -0.3 is 14.1 Å². The number of amides is 1. The molecule has 0 saturated carbocycles. The molecule has 7 nitrogen and oxygen atoms in total. The second-order valence-electron chi connectivity index (χ2n) is 6.38. The average molecular weight is 400 g/mol. The van der Waals surface area contributed by atoms with Crippen LogP contribution in [0.1, 0.15) is 12.0 Å². The summed E-state index contributed by atoms with van der Waals surface area (Å²) in [4.78, 5) is 25.2. The van der Waals surface area contributed by atoms with Crippen molar-refractivity contribution in [3.05, 3.63) is 39.2 Å². The summed E-state index contributed by atoms with van der Waals surface area (Å²) >= 11 is 6.19. The Hall–Kier alpha value is -2.06. The van der Waals surface area contributed by atoms with Crippen molar-refractivity contribution in [2.24, 2.45) is 0 Å². The van der Waals surface area contributed by atoms with Gasteiger partial charge >= 0.3 is 5.63 Å². The zero-order chi connectivity index (χ0) is 19.1. The van der Waals surface area contributed by atoms with Gasteiger partial charge in [0.05, 0.1) is 16.5 Å². The molecule has 3 rings (SSSR count). The van der Waals surface area contributed by atoms with Crippen LogP contribution in [0.25, 0.3) is 11.0 Å². The smallest absolute Gasteiger partial charge is 0.336 e. The molecule has 1 saturated heterocycles. The number of carbonyl (C=O) groups excluding carboxylic acids is 1. The monoisotopic (exact) mass is 399 g/mol. The van der Waals surface area contributed by atoms with Gasteiger partial charge in [0.15, 0.2) is 16.4 Å². The Morgan fingerprint density at radius 1 is 1.38 bits per heavy atom. The standard InChI is InChI=1S/C17H18ClNO6S/c1-10-5-17(21)25-14-7-15(13(18)6-12(10)14)24-8-16(20)19(2)11-3-4-26(22,23)9-11/h5-7,11H,3-4,8-9H2,1-2H3/t11-/m0/s1. The summed E-state index contributed by atoms with van der Waals surface area (Å²) < 4.78 is 33.7. The van der Waals surface area contributed by atoms with E-state index >= 15 is 0 Å². The van der Waals surface area contributed by atoms with Crippen LogP contribution in [0.5, 0.6) is 5.75 Å². The highest BCUT2D eigenvalue weighted by molar-refractivity contribution is 7.91. The second kappa shape index (κ2) is 6.92. The molecule has 0 unspecified atom stereocenters. The number of halogens is 1. The first-order chi connectivity index (χ1) is 12.2. The first-order valence-electron chi connectivity index (χ1n) is 7.99. The molecule has 0 bridgehead atoms. The van der Waals surface area contributed by atoms with E-state index in [1.165, 1.54) is 17.0 Å².